The van der Waals surface area contributed by atoms with Crippen molar-refractivity contribution in [1.29, 1.82) is 0 Å². The lowest BCUT2D eigenvalue weighted by Crippen LogP contribution is -2.45. The summed E-state index contributed by atoms with van der Waals surface area (Å²) in [5.74, 6) is -0.0105. The standard InChI is InChI=1S/C77H149NO5/c1-3-5-7-9-11-13-15-16-17-18-41-44-47-51-55-59-63-67-71-77(82)83-72-68-64-60-56-52-48-45-42-39-37-35-33-31-29-27-25-23-21-19-20-22-24-26-28-30-32-34-36-38-40-43-46-50-54-58-62-66-70-76(81)78-74(73-79)75(80)69-65-61-57-53-49-14-12-10-8-6-4-2/h17-19,21,74-75,79-80H,3-16,20,22-73H2,1-2H3,(H,78,81)/b18-17-,21-19-. The van der Waals surface area contributed by atoms with Crippen molar-refractivity contribution in [2.24, 2.45) is 0 Å². The number of carbonyl (C=O) groups excluding carboxylic acids is 2. The van der Waals surface area contributed by atoms with Crippen LogP contribution in [0.25, 0.3) is 0 Å². The lowest BCUT2D eigenvalue weighted by Gasteiger charge is -2.22. The highest BCUT2D eigenvalue weighted by Gasteiger charge is 2.20. The van der Waals surface area contributed by atoms with Gasteiger partial charge < -0.3 is 20.3 Å². The summed E-state index contributed by atoms with van der Waals surface area (Å²) in [6, 6.07) is -0.536. The van der Waals surface area contributed by atoms with Crippen molar-refractivity contribution in [3.8, 4) is 0 Å². The molecule has 1 amide bonds. The van der Waals surface area contributed by atoms with Crippen LogP contribution < -0.4 is 5.32 Å². The van der Waals surface area contributed by atoms with Gasteiger partial charge in [0.25, 0.3) is 0 Å². The molecule has 0 bridgehead atoms. The molecular formula is C77H149NO5. The maximum absolute atomic E-state index is 12.5. The van der Waals surface area contributed by atoms with E-state index >= 15 is 0 Å². The van der Waals surface area contributed by atoms with Crippen LogP contribution in [0.2, 0.25) is 0 Å². The van der Waals surface area contributed by atoms with Gasteiger partial charge in [0.05, 0.1) is 25.4 Å². The van der Waals surface area contributed by atoms with Crippen molar-refractivity contribution in [2.45, 2.75) is 443 Å². The van der Waals surface area contributed by atoms with Crippen molar-refractivity contribution in [2.75, 3.05) is 13.2 Å². The van der Waals surface area contributed by atoms with Crippen LogP contribution in [-0.2, 0) is 14.3 Å². The summed E-state index contributed by atoms with van der Waals surface area (Å²) in [6.45, 7) is 4.98. The lowest BCUT2D eigenvalue weighted by molar-refractivity contribution is -0.143. The summed E-state index contributed by atoms with van der Waals surface area (Å²) in [7, 11) is 0. The minimum atomic E-state index is -0.659. The average molecular weight is 1170 g/mol. The number of hydrogen-bond donors (Lipinski definition) is 3. The first kappa shape index (κ1) is 81.3. The van der Waals surface area contributed by atoms with Crippen LogP contribution in [0.3, 0.4) is 0 Å². The summed E-state index contributed by atoms with van der Waals surface area (Å²) in [5.41, 5.74) is 0. The van der Waals surface area contributed by atoms with Gasteiger partial charge in [0.15, 0.2) is 0 Å². The Labute approximate surface area is 520 Å². The second kappa shape index (κ2) is 72.8. The van der Waals surface area contributed by atoms with Gasteiger partial charge in [-0.15, -0.1) is 0 Å². The van der Waals surface area contributed by atoms with Crippen LogP contribution in [0.15, 0.2) is 24.3 Å². The van der Waals surface area contributed by atoms with E-state index in [9.17, 15) is 19.8 Å². The zero-order chi connectivity index (χ0) is 59.9. The molecule has 83 heavy (non-hydrogen) atoms. The maximum atomic E-state index is 12.5. The van der Waals surface area contributed by atoms with E-state index in [1.165, 1.54) is 360 Å². The number of allylic oxidation sites excluding steroid dienone is 4. The third kappa shape index (κ3) is 69.3. The van der Waals surface area contributed by atoms with Crippen molar-refractivity contribution in [1.82, 2.24) is 5.32 Å². The number of carbonyl (C=O) groups is 2. The smallest absolute Gasteiger partial charge is 0.305 e. The first-order valence-electron chi connectivity index (χ1n) is 38.1. The van der Waals surface area contributed by atoms with Gasteiger partial charge in [-0.2, -0.15) is 0 Å². The summed E-state index contributed by atoms with van der Waals surface area (Å²) < 4.78 is 5.51. The Morgan fingerprint density at radius 1 is 0.325 bits per heavy atom. The first-order chi connectivity index (χ1) is 41.0. The normalized spacial score (nSPS) is 12.6. The molecule has 2 unspecified atom stereocenters. The Balaban J connectivity index is 3.30. The average Bonchev–Trinajstić information content (AvgIpc) is 3.49. The largest absolute Gasteiger partial charge is 0.466 e. The third-order valence-electron chi connectivity index (χ3n) is 18.0. The van der Waals surface area contributed by atoms with E-state index in [-0.39, 0.29) is 18.5 Å². The van der Waals surface area contributed by atoms with E-state index in [0.717, 1.165) is 38.5 Å². The van der Waals surface area contributed by atoms with Gasteiger partial charge in [-0.05, 0) is 77.0 Å². The molecule has 0 aliphatic rings. The van der Waals surface area contributed by atoms with E-state index in [1.807, 2.05) is 0 Å². The molecule has 0 saturated carbocycles. The maximum Gasteiger partial charge on any atom is 0.305 e. The van der Waals surface area contributed by atoms with Gasteiger partial charge in [0, 0.05) is 12.8 Å². The monoisotopic (exact) mass is 1170 g/mol. The Kier molecular flexibility index (Phi) is 71.4. The molecule has 0 radical (unpaired) electrons. The Hall–Kier alpha value is -1.66. The summed E-state index contributed by atoms with van der Waals surface area (Å²) in [6.07, 6.45) is 92.7. The summed E-state index contributed by atoms with van der Waals surface area (Å²) >= 11 is 0. The van der Waals surface area contributed by atoms with Crippen molar-refractivity contribution in [3.05, 3.63) is 24.3 Å². The zero-order valence-corrected chi connectivity index (χ0v) is 56.5. The molecule has 0 saturated heterocycles. The lowest BCUT2D eigenvalue weighted by atomic mass is 10.0. The van der Waals surface area contributed by atoms with Gasteiger partial charge in [-0.3, -0.25) is 9.59 Å². The predicted octanol–water partition coefficient (Wildman–Crippen LogP) is 24.9. The van der Waals surface area contributed by atoms with Crippen molar-refractivity contribution < 1.29 is 24.5 Å². The summed E-state index contributed by atoms with van der Waals surface area (Å²) in [5, 5.41) is 23.2. The van der Waals surface area contributed by atoms with Gasteiger partial charge in [-0.1, -0.05) is 366 Å². The van der Waals surface area contributed by atoms with Crippen molar-refractivity contribution >= 4 is 11.9 Å². The molecule has 2 atom stereocenters. The molecule has 0 heterocycles. The molecule has 492 valence electrons. The fraction of sp³-hybridized carbons (Fsp3) is 0.922. The number of nitrogens with one attached hydrogen (secondary N) is 1. The highest BCUT2D eigenvalue weighted by molar-refractivity contribution is 5.76. The molecule has 0 aromatic carbocycles. The Bertz CT molecular complexity index is 1300. The van der Waals surface area contributed by atoms with Gasteiger partial charge >= 0.3 is 5.97 Å². The van der Waals surface area contributed by atoms with Crippen LogP contribution in [-0.4, -0.2) is 47.4 Å². The number of ether oxygens (including phenoxy) is 1. The fourth-order valence-corrected chi connectivity index (χ4v) is 12.2. The molecule has 0 rings (SSSR count). The summed E-state index contributed by atoms with van der Waals surface area (Å²) in [4.78, 5) is 24.6. The molecule has 0 spiro atoms. The number of hydrogen-bond acceptors (Lipinski definition) is 5. The minimum absolute atomic E-state index is 0.0193. The number of amides is 1. The second-order valence-electron chi connectivity index (χ2n) is 26.3. The highest BCUT2D eigenvalue weighted by Crippen LogP contribution is 2.19. The highest BCUT2D eigenvalue weighted by atomic mass is 16.5. The minimum Gasteiger partial charge on any atom is -0.466 e. The molecule has 6 heteroatoms. The van der Waals surface area contributed by atoms with Crippen molar-refractivity contribution in [3.63, 3.8) is 0 Å². The quantitative estimate of drug-likeness (QED) is 0.0320. The van der Waals surface area contributed by atoms with Gasteiger partial charge in [0.2, 0.25) is 5.91 Å². The molecule has 6 nitrogen and oxygen atoms in total. The second-order valence-corrected chi connectivity index (χ2v) is 26.3. The molecule has 0 aromatic rings. The first-order valence-corrected chi connectivity index (χ1v) is 38.1. The number of rotatable bonds is 72. The number of unbranched alkanes of at least 4 members (excludes halogenated alkanes) is 57. The van der Waals surface area contributed by atoms with E-state index in [1.54, 1.807) is 0 Å². The molecule has 0 fully saturated rings. The number of aliphatic hydroxyl groups is 2. The predicted molar refractivity (Wildman–Crippen MR) is 366 cm³/mol. The molecule has 0 aliphatic heterocycles. The van der Waals surface area contributed by atoms with Crippen LogP contribution in [0.5, 0.6) is 0 Å². The van der Waals surface area contributed by atoms with E-state index in [0.29, 0.717) is 25.9 Å². The SMILES string of the molecule is CCCCCCCCC/C=C\CCCCCCCCCC(=O)OCCCCCCCCCCCCCCCCCC/C=C\CCCCCCCCCCCCCCCCCCCC(=O)NC(CO)C(O)CCCCCCCCCCCCC. The van der Waals surface area contributed by atoms with Crippen LogP contribution in [0.4, 0.5) is 0 Å². The zero-order valence-electron chi connectivity index (χ0n) is 56.5. The number of aliphatic hydroxyl groups excluding tert-OH is 2. The molecule has 0 aromatic heterocycles. The van der Waals surface area contributed by atoms with Crippen LogP contribution in [0, 0.1) is 0 Å². The Morgan fingerprint density at radius 3 is 0.855 bits per heavy atom. The van der Waals surface area contributed by atoms with Gasteiger partial charge in [-0.25, -0.2) is 0 Å². The molecular weight excluding hydrogens is 1020 g/mol. The van der Waals surface area contributed by atoms with E-state index in [2.05, 4.69) is 43.5 Å². The van der Waals surface area contributed by atoms with Crippen LogP contribution >= 0.6 is 0 Å². The van der Waals surface area contributed by atoms with E-state index in [4.69, 9.17) is 4.74 Å². The fourth-order valence-electron chi connectivity index (χ4n) is 12.2. The molecule has 3 N–H and O–H groups in total. The van der Waals surface area contributed by atoms with E-state index < -0.39 is 12.1 Å². The van der Waals surface area contributed by atoms with Gasteiger partial charge in [0.1, 0.15) is 0 Å². The Morgan fingerprint density at radius 2 is 0.566 bits per heavy atom. The topological polar surface area (TPSA) is 95.9 Å². The third-order valence-corrected chi connectivity index (χ3v) is 18.0. The van der Waals surface area contributed by atoms with Crippen LogP contribution in [0.1, 0.15) is 431 Å². The molecule has 0 aliphatic carbocycles. The number of esters is 1.